The van der Waals surface area contributed by atoms with Gasteiger partial charge in [0.15, 0.2) is 0 Å². The van der Waals surface area contributed by atoms with E-state index in [0.717, 1.165) is 12.1 Å². The van der Waals surface area contributed by atoms with Crippen molar-refractivity contribution in [3.63, 3.8) is 0 Å². The number of para-hydroxylation sites is 1. The summed E-state index contributed by atoms with van der Waals surface area (Å²) < 4.78 is 0. The molecule has 0 atom stereocenters. The number of carbonyl (C=O) groups is 1. The van der Waals surface area contributed by atoms with E-state index in [1.54, 1.807) is 11.8 Å². The van der Waals surface area contributed by atoms with Gasteiger partial charge in [-0.3, -0.25) is 4.79 Å². The van der Waals surface area contributed by atoms with Gasteiger partial charge in [-0.25, -0.2) is 0 Å². The highest BCUT2D eigenvalue weighted by Crippen LogP contribution is 2.38. The Hall–Kier alpha value is -1.42. The molecule has 2 rings (SSSR count). The second-order valence-electron chi connectivity index (χ2n) is 3.60. The van der Waals surface area contributed by atoms with Crippen molar-refractivity contribution in [1.29, 1.82) is 0 Å². The molecule has 0 aromatic heterocycles. The van der Waals surface area contributed by atoms with Crippen LogP contribution in [-0.4, -0.2) is 11.1 Å². The summed E-state index contributed by atoms with van der Waals surface area (Å²) in [5, 5.41) is 11.8. The van der Waals surface area contributed by atoms with Crippen LogP contribution >= 0.6 is 11.8 Å². The van der Waals surface area contributed by atoms with Crippen LogP contribution in [0.4, 0.5) is 5.69 Å². The maximum atomic E-state index is 10.4. The molecule has 1 aromatic carbocycles. The predicted octanol–water partition coefficient (Wildman–Crippen LogP) is 3.30. The number of thioether (sulfide) groups is 1. The van der Waals surface area contributed by atoms with Crippen LogP contribution in [0.5, 0.6) is 0 Å². The lowest BCUT2D eigenvalue weighted by Crippen LogP contribution is -1.99. The van der Waals surface area contributed by atoms with Gasteiger partial charge in [0, 0.05) is 22.4 Å². The van der Waals surface area contributed by atoms with Gasteiger partial charge in [-0.05, 0) is 25.0 Å². The summed E-state index contributed by atoms with van der Waals surface area (Å²) in [6, 6.07) is 8.10. The lowest BCUT2D eigenvalue weighted by Gasteiger charge is -2.17. The van der Waals surface area contributed by atoms with Crippen LogP contribution in [0, 0.1) is 0 Å². The van der Waals surface area contributed by atoms with E-state index in [2.05, 4.69) is 11.4 Å². The number of hydrogen-bond acceptors (Lipinski definition) is 3. The van der Waals surface area contributed by atoms with E-state index in [4.69, 9.17) is 5.11 Å². The number of fused-ring (bicyclic) bond motifs is 1. The van der Waals surface area contributed by atoms with Crippen LogP contribution in [0.1, 0.15) is 19.3 Å². The van der Waals surface area contributed by atoms with Gasteiger partial charge in [0.1, 0.15) is 0 Å². The smallest absolute Gasteiger partial charge is 0.303 e. The van der Waals surface area contributed by atoms with Crippen LogP contribution in [0.2, 0.25) is 0 Å². The van der Waals surface area contributed by atoms with E-state index >= 15 is 0 Å². The fraction of sp³-hybridized carbons (Fsp3) is 0.250. The monoisotopic (exact) mass is 235 g/mol. The minimum Gasteiger partial charge on any atom is -0.481 e. The van der Waals surface area contributed by atoms with Crippen molar-refractivity contribution in [3.05, 3.63) is 35.4 Å². The molecule has 16 heavy (non-hydrogen) atoms. The Morgan fingerprint density at radius 2 is 2.19 bits per heavy atom. The number of anilines is 1. The topological polar surface area (TPSA) is 49.3 Å². The second-order valence-corrected chi connectivity index (χ2v) is 4.77. The molecule has 0 saturated carbocycles. The molecule has 0 saturated heterocycles. The zero-order valence-corrected chi connectivity index (χ0v) is 9.59. The first-order valence-electron chi connectivity index (χ1n) is 5.20. The summed E-state index contributed by atoms with van der Waals surface area (Å²) in [6.07, 6.45) is 3.71. The van der Waals surface area contributed by atoms with Crippen molar-refractivity contribution in [2.24, 2.45) is 0 Å². The van der Waals surface area contributed by atoms with E-state index in [1.807, 2.05) is 24.4 Å². The summed E-state index contributed by atoms with van der Waals surface area (Å²) in [5.41, 5.74) is 1.12. The Kier molecular flexibility index (Phi) is 3.51. The summed E-state index contributed by atoms with van der Waals surface area (Å²) in [7, 11) is 0. The molecule has 0 fully saturated rings. The molecule has 2 N–H and O–H groups in total. The van der Waals surface area contributed by atoms with Crippen molar-refractivity contribution in [2.75, 3.05) is 5.32 Å². The largest absolute Gasteiger partial charge is 0.481 e. The molecule has 0 aliphatic carbocycles. The molecule has 1 aliphatic heterocycles. The lowest BCUT2D eigenvalue weighted by molar-refractivity contribution is -0.137. The molecule has 1 aromatic rings. The number of nitrogens with one attached hydrogen (secondary N) is 1. The van der Waals surface area contributed by atoms with Crippen LogP contribution in [0.3, 0.4) is 0 Å². The van der Waals surface area contributed by atoms with E-state index in [1.165, 1.54) is 9.80 Å². The van der Waals surface area contributed by atoms with Gasteiger partial charge in [-0.2, -0.15) is 0 Å². The molecule has 0 spiro atoms. The SMILES string of the molecule is O=C(O)CCCC1=CNc2ccccc2S1. The molecule has 4 heteroatoms. The Morgan fingerprint density at radius 1 is 1.38 bits per heavy atom. The van der Waals surface area contributed by atoms with Crippen molar-refractivity contribution >= 4 is 23.4 Å². The number of aliphatic carboxylic acids is 1. The summed E-state index contributed by atoms with van der Waals surface area (Å²) in [4.78, 5) is 12.8. The molecule has 1 heterocycles. The maximum absolute atomic E-state index is 10.4. The minimum atomic E-state index is -0.727. The first-order valence-corrected chi connectivity index (χ1v) is 6.01. The lowest BCUT2D eigenvalue weighted by atomic mass is 10.2. The molecule has 1 aliphatic rings. The Bertz CT molecular complexity index is 429. The number of hydrogen-bond donors (Lipinski definition) is 2. The van der Waals surface area contributed by atoms with Crippen molar-refractivity contribution in [2.45, 2.75) is 24.2 Å². The molecule has 84 valence electrons. The molecule has 3 nitrogen and oxygen atoms in total. The average Bonchev–Trinajstić information content (AvgIpc) is 2.28. The minimum absolute atomic E-state index is 0.236. The van der Waals surface area contributed by atoms with Crippen LogP contribution in [-0.2, 0) is 4.79 Å². The van der Waals surface area contributed by atoms with Gasteiger partial charge in [-0.1, -0.05) is 23.9 Å². The number of rotatable bonds is 4. The Labute approximate surface area is 98.6 Å². The van der Waals surface area contributed by atoms with Gasteiger partial charge < -0.3 is 10.4 Å². The first kappa shape index (κ1) is 11.1. The van der Waals surface area contributed by atoms with Crippen LogP contribution in [0.25, 0.3) is 0 Å². The van der Waals surface area contributed by atoms with Crippen molar-refractivity contribution < 1.29 is 9.90 Å². The van der Waals surface area contributed by atoms with Gasteiger partial charge in [0.2, 0.25) is 0 Å². The number of allylic oxidation sites excluding steroid dienone is 1. The summed E-state index contributed by atoms with van der Waals surface area (Å²) in [5.74, 6) is -0.727. The van der Waals surface area contributed by atoms with Crippen LogP contribution in [0.15, 0.2) is 40.3 Å². The zero-order valence-electron chi connectivity index (χ0n) is 8.77. The standard InChI is InChI=1S/C12H13NO2S/c14-12(15)7-3-4-9-8-13-10-5-1-2-6-11(10)16-9/h1-2,5-6,8,13H,3-4,7H2,(H,14,15). The third-order valence-corrected chi connectivity index (χ3v) is 3.49. The van der Waals surface area contributed by atoms with Gasteiger partial charge in [0.25, 0.3) is 0 Å². The zero-order chi connectivity index (χ0) is 11.4. The van der Waals surface area contributed by atoms with Crippen molar-refractivity contribution in [3.8, 4) is 0 Å². The fourth-order valence-electron chi connectivity index (χ4n) is 1.54. The first-order chi connectivity index (χ1) is 7.75. The maximum Gasteiger partial charge on any atom is 0.303 e. The molecular weight excluding hydrogens is 222 g/mol. The predicted molar refractivity (Wildman–Crippen MR) is 65.5 cm³/mol. The normalized spacial score (nSPS) is 13.6. The summed E-state index contributed by atoms with van der Waals surface area (Å²) in [6.45, 7) is 0. The highest BCUT2D eigenvalue weighted by atomic mass is 32.2. The molecule has 0 bridgehead atoms. The molecular formula is C12H13NO2S. The highest BCUT2D eigenvalue weighted by molar-refractivity contribution is 8.03. The summed E-state index contributed by atoms with van der Waals surface area (Å²) >= 11 is 1.71. The van der Waals surface area contributed by atoms with Gasteiger partial charge >= 0.3 is 5.97 Å². The second kappa shape index (κ2) is 5.07. The molecule has 0 radical (unpaired) electrons. The molecule has 0 amide bonds. The van der Waals surface area contributed by atoms with Gasteiger partial charge in [0.05, 0.1) is 5.69 Å². The third-order valence-electron chi connectivity index (χ3n) is 2.33. The highest BCUT2D eigenvalue weighted by Gasteiger charge is 2.10. The molecule has 0 unspecified atom stereocenters. The van der Waals surface area contributed by atoms with E-state index in [-0.39, 0.29) is 6.42 Å². The van der Waals surface area contributed by atoms with Crippen LogP contribution < -0.4 is 5.32 Å². The average molecular weight is 235 g/mol. The van der Waals surface area contributed by atoms with E-state index in [0.29, 0.717) is 6.42 Å². The number of carboxylic acid groups (broad SMARTS) is 1. The van der Waals surface area contributed by atoms with Gasteiger partial charge in [-0.15, -0.1) is 0 Å². The van der Waals surface area contributed by atoms with E-state index < -0.39 is 5.97 Å². The number of benzene rings is 1. The fourth-order valence-corrected chi connectivity index (χ4v) is 2.57. The van der Waals surface area contributed by atoms with E-state index in [9.17, 15) is 4.79 Å². The number of carboxylic acids is 1. The Balaban J connectivity index is 1.91. The Morgan fingerprint density at radius 3 is 3.00 bits per heavy atom. The quantitative estimate of drug-likeness (QED) is 0.840. The third kappa shape index (κ3) is 2.79. The van der Waals surface area contributed by atoms with Crippen molar-refractivity contribution in [1.82, 2.24) is 0 Å².